The van der Waals surface area contributed by atoms with Crippen molar-refractivity contribution >= 4 is 5.96 Å². The molecule has 0 amide bonds. The van der Waals surface area contributed by atoms with Gasteiger partial charge in [-0.25, -0.2) is 0 Å². The first-order valence-electron chi connectivity index (χ1n) is 10.4. The lowest BCUT2D eigenvalue weighted by Gasteiger charge is -2.35. The zero-order valence-corrected chi connectivity index (χ0v) is 17.6. The fraction of sp³-hybridized carbons (Fsp3) is 0.682. The molecule has 0 aliphatic carbocycles. The second kappa shape index (κ2) is 11.3. The van der Waals surface area contributed by atoms with Crippen molar-refractivity contribution in [1.82, 2.24) is 15.5 Å². The Morgan fingerprint density at radius 1 is 1.19 bits per heavy atom. The van der Waals surface area contributed by atoms with Crippen LogP contribution in [0.4, 0.5) is 0 Å². The van der Waals surface area contributed by atoms with Crippen molar-refractivity contribution in [1.29, 1.82) is 0 Å². The molecule has 5 heteroatoms. The Morgan fingerprint density at radius 3 is 2.41 bits per heavy atom. The summed E-state index contributed by atoms with van der Waals surface area (Å²) in [4.78, 5) is 6.96. The van der Waals surface area contributed by atoms with E-state index < -0.39 is 0 Å². The third-order valence-electron chi connectivity index (χ3n) is 6.10. The van der Waals surface area contributed by atoms with Gasteiger partial charge in [0.05, 0.1) is 6.61 Å². The Bertz CT molecular complexity index is 549. The van der Waals surface area contributed by atoms with E-state index in [1.165, 1.54) is 5.56 Å². The average molecular weight is 375 g/mol. The summed E-state index contributed by atoms with van der Waals surface area (Å²) in [5.41, 5.74) is 1.55. The van der Waals surface area contributed by atoms with Crippen LogP contribution in [0.5, 0.6) is 0 Å². The van der Waals surface area contributed by atoms with Crippen LogP contribution in [0.3, 0.4) is 0 Å². The van der Waals surface area contributed by atoms with Gasteiger partial charge in [0.15, 0.2) is 5.96 Å². The molecule has 2 rings (SSSR count). The lowest BCUT2D eigenvalue weighted by Crippen LogP contribution is -2.51. The molecule has 1 heterocycles. The van der Waals surface area contributed by atoms with E-state index in [0.717, 1.165) is 64.4 Å². The highest BCUT2D eigenvalue weighted by molar-refractivity contribution is 5.80. The van der Waals surface area contributed by atoms with Crippen LogP contribution in [-0.2, 0) is 10.2 Å². The molecule has 1 aromatic carbocycles. The highest BCUT2D eigenvalue weighted by Crippen LogP contribution is 2.30. The number of ether oxygens (including phenoxy) is 1. The smallest absolute Gasteiger partial charge is 0.191 e. The van der Waals surface area contributed by atoms with Gasteiger partial charge in [-0.2, -0.15) is 0 Å². The van der Waals surface area contributed by atoms with Crippen molar-refractivity contribution in [3.05, 3.63) is 35.9 Å². The van der Waals surface area contributed by atoms with E-state index in [1.54, 1.807) is 7.11 Å². The fourth-order valence-corrected chi connectivity index (χ4v) is 3.96. The molecule has 0 unspecified atom stereocenters. The largest absolute Gasteiger partial charge is 0.383 e. The number of nitrogens with one attached hydrogen (secondary N) is 2. The first-order chi connectivity index (χ1) is 13.2. The summed E-state index contributed by atoms with van der Waals surface area (Å²) in [7, 11) is 3.64. The van der Waals surface area contributed by atoms with Crippen molar-refractivity contribution in [2.45, 2.75) is 51.0 Å². The Hall–Kier alpha value is -1.59. The zero-order valence-electron chi connectivity index (χ0n) is 17.6. The molecule has 1 saturated heterocycles. The van der Waals surface area contributed by atoms with Crippen molar-refractivity contribution in [3.8, 4) is 0 Å². The van der Waals surface area contributed by atoms with Crippen molar-refractivity contribution in [2.24, 2.45) is 4.99 Å². The number of hydrogen-bond acceptors (Lipinski definition) is 3. The maximum absolute atomic E-state index is 5.19. The summed E-state index contributed by atoms with van der Waals surface area (Å²) in [6.07, 6.45) is 4.51. The third-order valence-corrected chi connectivity index (χ3v) is 6.10. The van der Waals surface area contributed by atoms with Gasteiger partial charge in [-0.05, 0) is 31.2 Å². The molecule has 1 fully saturated rings. The molecular formula is C22H38N4O. The minimum Gasteiger partial charge on any atom is -0.383 e. The molecule has 152 valence electrons. The minimum atomic E-state index is 0.141. The Balaban J connectivity index is 1.88. The van der Waals surface area contributed by atoms with Crippen LogP contribution in [0.15, 0.2) is 35.3 Å². The van der Waals surface area contributed by atoms with Crippen molar-refractivity contribution in [2.75, 3.05) is 46.9 Å². The van der Waals surface area contributed by atoms with Crippen LogP contribution in [0, 0.1) is 0 Å². The molecule has 27 heavy (non-hydrogen) atoms. The normalized spacial score (nSPS) is 17.1. The van der Waals surface area contributed by atoms with Gasteiger partial charge in [0.1, 0.15) is 0 Å². The number of methoxy groups -OCH3 is 1. The number of nitrogens with zero attached hydrogens (tertiary/aromatic N) is 2. The summed E-state index contributed by atoms with van der Waals surface area (Å²) < 4.78 is 5.19. The number of piperidine rings is 1. The zero-order chi connectivity index (χ0) is 19.5. The molecule has 0 spiro atoms. The van der Waals surface area contributed by atoms with Gasteiger partial charge in [0.2, 0.25) is 0 Å². The number of aliphatic imine (C=N–C) groups is 1. The monoisotopic (exact) mass is 374 g/mol. The van der Waals surface area contributed by atoms with E-state index in [-0.39, 0.29) is 5.41 Å². The van der Waals surface area contributed by atoms with Crippen LogP contribution >= 0.6 is 0 Å². The van der Waals surface area contributed by atoms with Crippen LogP contribution in [0.25, 0.3) is 0 Å². The Morgan fingerprint density at radius 2 is 1.85 bits per heavy atom. The predicted molar refractivity (Wildman–Crippen MR) is 115 cm³/mol. The Labute approximate surface area is 165 Å². The van der Waals surface area contributed by atoms with Gasteiger partial charge >= 0.3 is 0 Å². The molecule has 0 aromatic heterocycles. The number of rotatable bonds is 9. The number of guanidine groups is 1. The van der Waals surface area contributed by atoms with Gasteiger partial charge in [-0.1, -0.05) is 44.2 Å². The number of likely N-dealkylation sites (tertiary alicyclic amines) is 1. The van der Waals surface area contributed by atoms with Gasteiger partial charge in [-0.15, -0.1) is 0 Å². The molecule has 0 saturated carbocycles. The second-order valence-electron chi connectivity index (χ2n) is 7.53. The minimum absolute atomic E-state index is 0.141. The van der Waals surface area contributed by atoms with Crippen molar-refractivity contribution < 1.29 is 4.74 Å². The van der Waals surface area contributed by atoms with E-state index in [0.29, 0.717) is 6.04 Å². The maximum Gasteiger partial charge on any atom is 0.191 e. The molecule has 0 bridgehead atoms. The van der Waals surface area contributed by atoms with E-state index in [1.807, 2.05) is 7.05 Å². The maximum atomic E-state index is 5.19. The van der Waals surface area contributed by atoms with E-state index in [2.05, 4.69) is 64.7 Å². The van der Waals surface area contributed by atoms with E-state index in [9.17, 15) is 0 Å². The second-order valence-corrected chi connectivity index (χ2v) is 7.53. The molecule has 1 aliphatic heterocycles. The molecule has 5 nitrogen and oxygen atoms in total. The first kappa shape index (κ1) is 21.7. The standard InChI is InChI=1S/C22H38N4O/c1-5-22(6-2,19-10-8-7-9-11-19)18-24-21(23-3)25-20-12-14-26(15-13-20)16-17-27-4/h7-11,20H,5-6,12-18H2,1-4H3,(H2,23,24,25). The quantitative estimate of drug-likeness (QED) is 0.515. The summed E-state index contributed by atoms with van der Waals surface area (Å²) in [6.45, 7) is 9.55. The highest BCUT2D eigenvalue weighted by atomic mass is 16.5. The number of hydrogen-bond donors (Lipinski definition) is 2. The van der Waals surface area contributed by atoms with Crippen molar-refractivity contribution in [3.63, 3.8) is 0 Å². The summed E-state index contributed by atoms with van der Waals surface area (Å²) in [5.74, 6) is 0.924. The van der Waals surface area contributed by atoms with Crippen LogP contribution in [0.1, 0.15) is 45.1 Å². The molecule has 2 N–H and O–H groups in total. The summed E-state index contributed by atoms with van der Waals surface area (Å²) in [6, 6.07) is 11.4. The SMILES string of the molecule is CCC(CC)(CNC(=NC)NC1CCN(CCOC)CC1)c1ccccc1. The predicted octanol–water partition coefficient (Wildman–Crippen LogP) is 3.02. The van der Waals surface area contributed by atoms with Gasteiger partial charge in [0, 0.05) is 51.8 Å². The van der Waals surface area contributed by atoms with Crippen LogP contribution in [0.2, 0.25) is 0 Å². The highest BCUT2D eigenvalue weighted by Gasteiger charge is 2.29. The van der Waals surface area contributed by atoms with Crippen LogP contribution in [-0.4, -0.2) is 63.8 Å². The topological polar surface area (TPSA) is 48.9 Å². The average Bonchev–Trinajstić information content (AvgIpc) is 2.74. The Kier molecular flexibility index (Phi) is 9.08. The molecule has 0 radical (unpaired) electrons. The molecule has 1 aromatic rings. The van der Waals surface area contributed by atoms with Gasteiger partial charge in [-0.3, -0.25) is 4.99 Å². The molecular weight excluding hydrogens is 336 g/mol. The fourth-order valence-electron chi connectivity index (χ4n) is 3.96. The molecule has 1 aliphatic rings. The number of benzene rings is 1. The first-order valence-corrected chi connectivity index (χ1v) is 10.4. The summed E-state index contributed by atoms with van der Waals surface area (Å²) in [5, 5.41) is 7.24. The lowest BCUT2D eigenvalue weighted by atomic mass is 9.76. The lowest BCUT2D eigenvalue weighted by molar-refractivity contribution is 0.128. The van der Waals surface area contributed by atoms with E-state index >= 15 is 0 Å². The van der Waals surface area contributed by atoms with Crippen LogP contribution < -0.4 is 10.6 Å². The molecule has 0 atom stereocenters. The third kappa shape index (κ3) is 6.22. The van der Waals surface area contributed by atoms with E-state index in [4.69, 9.17) is 4.74 Å². The summed E-state index contributed by atoms with van der Waals surface area (Å²) >= 11 is 0. The van der Waals surface area contributed by atoms with Gasteiger partial charge in [0.25, 0.3) is 0 Å². The van der Waals surface area contributed by atoms with Gasteiger partial charge < -0.3 is 20.3 Å².